The molecule has 1 aliphatic heterocycles. The van der Waals surface area contributed by atoms with Crippen LogP contribution in [0, 0.1) is 19.8 Å². The van der Waals surface area contributed by atoms with Gasteiger partial charge in [0.2, 0.25) is 5.91 Å². The average molecular weight is 368 g/mol. The zero-order valence-electron chi connectivity index (χ0n) is 14.3. The highest BCUT2D eigenvalue weighted by Crippen LogP contribution is 2.44. The Morgan fingerprint density at radius 2 is 1.83 bits per heavy atom. The van der Waals surface area contributed by atoms with E-state index in [1.807, 2.05) is 13.8 Å². The third-order valence-corrected chi connectivity index (χ3v) is 6.78. The Labute approximate surface area is 153 Å². The summed E-state index contributed by atoms with van der Waals surface area (Å²) in [5.74, 6) is -0.294. The molecule has 0 radical (unpaired) electrons. The van der Waals surface area contributed by atoms with E-state index in [-0.39, 0.29) is 11.7 Å². The summed E-state index contributed by atoms with van der Waals surface area (Å²) < 4.78 is 0. The lowest BCUT2D eigenvalue weighted by Crippen LogP contribution is -2.49. The van der Waals surface area contributed by atoms with Gasteiger partial charge in [-0.05, 0) is 68.2 Å². The van der Waals surface area contributed by atoms with Gasteiger partial charge < -0.3 is 5.32 Å². The van der Waals surface area contributed by atoms with Gasteiger partial charge in [0.15, 0.2) is 5.78 Å². The van der Waals surface area contributed by atoms with E-state index in [0.717, 1.165) is 48.8 Å². The lowest BCUT2D eigenvalue weighted by Gasteiger charge is -2.35. The minimum Gasteiger partial charge on any atom is -0.343 e. The fourth-order valence-electron chi connectivity index (χ4n) is 4.35. The Bertz CT molecular complexity index is 706. The second-order valence-electron chi connectivity index (χ2n) is 7.25. The van der Waals surface area contributed by atoms with Crippen molar-refractivity contribution in [2.45, 2.75) is 64.3 Å². The monoisotopic (exact) mass is 367 g/mol. The minimum absolute atomic E-state index is 0.00615. The molecule has 24 heavy (non-hydrogen) atoms. The lowest BCUT2D eigenvalue weighted by atomic mass is 9.72. The third-order valence-electron chi connectivity index (χ3n) is 5.89. The molecular formula is C19H23Cl2NO2. The summed E-state index contributed by atoms with van der Waals surface area (Å²) in [6.07, 6.45) is 4.60. The van der Waals surface area contributed by atoms with Gasteiger partial charge >= 0.3 is 0 Å². The van der Waals surface area contributed by atoms with Crippen LogP contribution in [0.5, 0.6) is 0 Å². The van der Waals surface area contributed by atoms with E-state index >= 15 is 0 Å². The molecule has 1 saturated heterocycles. The fourth-order valence-corrected chi connectivity index (χ4v) is 4.81. The highest BCUT2D eigenvalue weighted by Gasteiger charge is 2.54. The molecule has 0 bridgehead atoms. The summed E-state index contributed by atoms with van der Waals surface area (Å²) in [6.45, 7) is 5.89. The Balaban J connectivity index is 1.98. The number of hydrogen-bond donors (Lipinski definition) is 1. The van der Waals surface area contributed by atoms with E-state index in [2.05, 4.69) is 12.2 Å². The van der Waals surface area contributed by atoms with Crippen LogP contribution in [0.15, 0.2) is 6.07 Å². The number of ketones is 1. The van der Waals surface area contributed by atoms with Crippen LogP contribution in [-0.4, -0.2) is 17.2 Å². The van der Waals surface area contributed by atoms with Crippen LogP contribution < -0.4 is 5.32 Å². The molecule has 5 heteroatoms. The van der Waals surface area contributed by atoms with Gasteiger partial charge in [-0.2, -0.15) is 0 Å². The molecule has 2 fully saturated rings. The molecule has 1 heterocycles. The molecule has 3 nitrogen and oxygen atoms in total. The van der Waals surface area contributed by atoms with Gasteiger partial charge in [-0.15, -0.1) is 0 Å². The number of amides is 1. The van der Waals surface area contributed by atoms with Gasteiger partial charge in [0.25, 0.3) is 0 Å². The van der Waals surface area contributed by atoms with Crippen molar-refractivity contribution in [1.29, 1.82) is 0 Å². The third kappa shape index (κ3) is 2.66. The molecule has 1 amide bonds. The van der Waals surface area contributed by atoms with Gasteiger partial charge in [-0.1, -0.05) is 36.5 Å². The number of Topliss-reactive ketones (excluding diaryl/α,β-unsaturated/α-hetero) is 1. The van der Waals surface area contributed by atoms with Crippen LogP contribution in [-0.2, 0) is 9.59 Å². The van der Waals surface area contributed by atoms with Crippen LogP contribution in [0.3, 0.4) is 0 Å². The van der Waals surface area contributed by atoms with Crippen molar-refractivity contribution in [2.24, 2.45) is 5.92 Å². The first-order chi connectivity index (χ1) is 11.3. The number of halogens is 2. The summed E-state index contributed by atoms with van der Waals surface area (Å²) >= 11 is 12.4. The molecule has 1 atom stereocenters. The normalized spacial score (nSPS) is 30.0. The highest BCUT2D eigenvalue weighted by molar-refractivity contribution is 6.42. The molecule has 1 saturated carbocycles. The topological polar surface area (TPSA) is 46.2 Å². The van der Waals surface area contributed by atoms with Gasteiger partial charge in [-0.25, -0.2) is 0 Å². The highest BCUT2D eigenvalue weighted by atomic mass is 35.5. The second-order valence-corrected chi connectivity index (χ2v) is 8.03. The van der Waals surface area contributed by atoms with Crippen molar-refractivity contribution in [3.8, 4) is 0 Å². The standard InChI is InChI=1S/C19H23Cl2NO2/c1-4-12-5-7-19(8-6-12)17(23)15(18(24)22-19)14-10(2)9-13(20)16(21)11(14)3/h9,12,15H,4-8H2,1-3H3,(H,22,24). The quantitative estimate of drug-likeness (QED) is 0.767. The van der Waals surface area contributed by atoms with Crippen LogP contribution in [0.1, 0.15) is 61.6 Å². The minimum atomic E-state index is -0.766. The molecule has 1 N–H and O–H groups in total. The molecule has 3 rings (SSSR count). The fraction of sp³-hybridized carbons (Fsp3) is 0.579. The summed E-state index contributed by atoms with van der Waals surface area (Å²) in [5, 5.41) is 3.92. The van der Waals surface area contributed by atoms with E-state index in [1.54, 1.807) is 6.07 Å². The Hall–Kier alpha value is -1.06. The van der Waals surface area contributed by atoms with Gasteiger partial charge in [-0.3, -0.25) is 9.59 Å². The average Bonchev–Trinajstić information content (AvgIpc) is 2.78. The first-order valence-corrected chi connectivity index (χ1v) is 9.37. The van der Waals surface area contributed by atoms with Crippen LogP contribution in [0.4, 0.5) is 0 Å². The molecule has 0 aromatic heterocycles. The molecular weight excluding hydrogens is 345 g/mol. The predicted molar refractivity (Wildman–Crippen MR) is 96.8 cm³/mol. The molecule has 1 spiro atoms. The smallest absolute Gasteiger partial charge is 0.235 e. The Morgan fingerprint density at radius 1 is 1.21 bits per heavy atom. The van der Waals surface area contributed by atoms with E-state index in [4.69, 9.17) is 23.2 Å². The first kappa shape index (κ1) is 17.8. The number of rotatable bonds is 2. The molecule has 130 valence electrons. The summed E-state index contributed by atoms with van der Waals surface area (Å²) in [6, 6.07) is 1.74. The number of hydrogen-bond acceptors (Lipinski definition) is 2. The van der Waals surface area contributed by atoms with Crippen molar-refractivity contribution >= 4 is 34.9 Å². The Kier molecular flexibility index (Phi) is 4.69. The second kappa shape index (κ2) is 6.34. The molecule has 2 aliphatic rings. The van der Waals surface area contributed by atoms with Crippen LogP contribution >= 0.6 is 23.2 Å². The number of nitrogens with one attached hydrogen (secondary N) is 1. The summed E-state index contributed by atoms with van der Waals surface area (Å²) in [4.78, 5) is 25.9. The van der Waals surface area contributed by atoms with Crippen molar-refractivity contribution in [3.05, 3.63) is 32.8 Å². The summed E-state index contributed by atoms with van der Waals surface area (Å²) in [7, 11) is 0. The van der Waals surface area contributed by atoms with Gasteiger partial charge in [0.05, 0.1) is 15.6 Å². The maximum atomic E-state index is 13.2. The Morgan fingerprint density at radius 3 is 2.42 bits per heavy atom. The van der Waals surface area contributed by atoms with Crippen LogP contribution in [0.25, 0.3) is 0 Å². The zero-order chi connectivity index (χ0) is 17.6. The molecule has 1 aromatic rings. The molecule has 1 aromatic carbocycles. The van der Waals surface area contributed by atoms with Crippen molar-refractivity contribution < 1.29 is 9.59 Å². The van der Waals surface area contributed by atoms with E-state index < -0.39 is 11.5 Å². The van der Waals surface area contributed by atoms with Crippen molar-refractivity contribution in [2.75, 3.05) is 0 Å². The van der Waals surface area contributed by atoms with Crippen molar-refractivity contribution in [1.82, 2.24) is 5.32 Å². The zero-order valence-corrected chi connectivity index (χ0v) is 15.9. The maximum Gasteiger partial charge on any atom is 0.235 e. The number of carbonyl (C=O) groups excluding carboxylic acids is 2. The maximum absolute atomic E-state index is 13.2. The number of carbonyl (C=O) groups is 2. The lowest BCUT2D eigenvalue weighted by molar-refractivity contribution is -0.126. The van der Waals surface area contributed by atoms with E-state index in [9.17, 15) is 9.59 Å². The first-order valence-electron chi connectivity index (χ1n) is 8.62. The number of aryl methyl sites for hydroxylation is 1. The SMILES string of the molecule is CCC1CCC2(CC1)NC(=O)C(c1c(C)cc(Cl)c(Cl)c1C)C2=O. The van der Waals surface area contributed by atoms with E-state index in [0.29, 0.717) is 16.0 Å². The number of benzene rings is 1. The van der Waals surface area contributed by atoms with Crippen molar-refractivity contribution in [3.63, 3.8) is 0 Å². The predicted octanol–water partition coefficient (Wildman–Crippen LogP) is 4.73. The van der Waals surface area contributed by atoms with Gasteiger partial charge in [0.1, 0.15) is 5.92 Å². The largest absolute Gasteiger partial charge is 0.343 e. The van der Waals surface area contributed by atoms with Crippen LogP contribution in [0.2, 0.25) is 10.0 Å². The molecule has 1 aliphatic carbocycles. The van der Waals surface area contributed by atoms with E-state index in [1.165, 1.54) is 0 Å². The van der Waals surface area contributed by atoms with Gasteiger partial charge in [0, 0.05) is 0 Å². The molecule has 1 unspecified atom stereocenters. The summed E-state index contributed by atoms with van der Waals surface area (Å²) in [5.41, 5.74) is 1.61.